The molecule has 3 heteroatoms. The molecule has 0 unspecified atom stereocenters. The number of allylic oxidation sites excluding steroid dienone is 4. The van der Waals surface area contributed by atoms with Gasteiger partial charge in [-0.2, -0.15) is 0 Å². The van der Waals surface area contributed by atoms with E-state index in [2.05, 4.69) is 53.7 Å². The summed E-state index contributed by atoms with van der Waals surface area (Å²) in [6.45, 7) is 13.7. The van der Waals surface area contributed by atoms with E-state index >= 15 is 0 Å². The number of aliphatic hydroxyl groups excluding tert-OH is 1. The molecule has 0 aromatic heterocycles. The maximum atomic E-state index is 12.7. The van der Waals surface area contributed by atoms with Gasteiger partial charge in [0.2, 0.25) is 5.78 Å². The number of fused-ring (bicyclic) bond motifs is 2. The Hall–Kier alpha value is -1.61. The van der Waals surface area contributed by atoms with Gasteiger partial charge in [0.25, 0.3) is 0 Å². The third-order valence-corrected chi connectivity index (χ3v) is 9.71. The predicted octanol–water partition coefficient (Wildman–Crippen LogP) is 6.32. The SMILES string of the molecule is CC(C)[C@@H](C)/C=C/[C@@H](C)[C@H]1CC[C@H]2C3=CC(=O)C(O)=C4C=CC[C@](C)(CC[C@]12C)[C@@]34O. The molecule has 3 nitrogen and oxygen atoms in total. The lowest BCUT2D eigenvalue weighted by molar-refractivity contribution is -0.115. The van der Waals surface area contributed by atoms with Crippen LogP contribution in [0.15, 0.2) is 47.3 Å². The molecule has 170 valence electrons. The minimum atomic E-state index is -1.25. The molecule has 4 rings (SSSR count). The van der Waals surface area contributed by atoms with E-state index in [1.165, 1.54) is 0 Å². The van der Waals surface area contributed by atoms with E-state index in [1.807, 2.05) is 6.08 Å². The number of carbonyl (C=O) groups excluding carboxylic acids is 1. The van der Waals surface area contributed by atoms with Crippen LogP contribution in [0.5, 0.6) is 0 Å². The Morgan fingerprint density at radius 1 is 1.10 bits per heavy atom. The van der Waals surface area contributed by atoms with Crippen molar-refractivity contribution in [2.75, 3.05) is 0 Å². The lowest BCUT2D eigenvalue weighted by atomic mass is 9.57. The van der Waals surface area contributed by atoms with Gasteiger partial charge in [-0.05, 0) is 78.8 Å². The highest BCUT2D eigenvalue weighted by atomic mass is 16.3. The van der Waals surface area contributed by atoms with Gasteiger partial charge < -0.3 is 10.2 Å². The third kappa shape index (κ3) is 3.14. The van der Waals surface area contributed by atoms with Crippen molar-refractivity contribution >= 4 is 5.78 Å². The Bertz CT molecular complexity index is 890. The first kappa shape index (κ1) is 22.6. The Morgan fingerprint density at radius 3 is 2.48 bits per heavy atom. The standard InChI is InChI=1S/C28H40O3/c1-17(2)18(3)9-10-19(4)20-11-12-21-23-16-24(29)25(30)22-8-7-13-26(5,28(22,23)31)14-15-27(20,21)6/h7-10,16-21,30-31H,11-15H2,1-6H3/b10-9+/t18-,19+,20+,21-,26+,27+,28-/m0/s1. The molecule has 0 amide bonds. The van der Waals surface area contributed by atoms with Gasteiger partial charge in [-0.25, -0.2) is 0 Å². The summed E-state index contributed by atoms with van der Waals surface area (Å²) in [6.07, 6.45) is 15.0. The van der Waals surface area contributed by atoms with Crippen LogP contribution in [-0.4, -0.2) is 21.6 Å². The van der Waals surface area contributed by atoms with Gasteiger partial charge in [-0.3, -0.25) is 4.79 Å². The zero-order chi connectivity index (χ0) is 22.8. The average Bonchev–Trinajstić information content (AvgIpc) is 3.03. The summed E-state index contributed by atoms with van der Waals surface area (Å²) >= 11 is 0. The largest absolute Gasteiger partial charge is 0.504 e. The second-order valence-electron chi connectivity index (χ2n) is 11.7. The van der Waals surface area contributed by atoms with Crippen molar-refractivity contribution in [1.29, 1.82) is 0 Å². The molecule has 0 spiro atoms. The number of aliphatic hydroxyl groups is 2. The first-order chi connectivity index (χ1) is 14.5. The van der Waals surface area contributed by atoms with Gasteiger partial charge in [-0.15, -0.1) is 0 Å². The van der Waals surface area contributed by atoms with E-state index in [0.717, 1.165) is 37.7 Å². The minimum Gasteiger partial charge on any atom is -0.504 e. The van der Waals surface area contributed by atoms with Crippen LogP contribution in [0.2, 0.25) is 0 Å². The quantitative estimate of drug-likeness (QED) is 0.520. The number of ketones is 1. The third-order valence-electron chi connectivity index (χ3n) is 9.71. The van der Waals surface area contributed by atoms with Gasteiger partial charge in [0.05, 0.1) is 0 Å². The summed E-state index contributed by atoms with van der Waals surface area (Å²) in [5, 5.41) is 22.8. The molecule has 0 aromatic rings. The molecule has 0 radical (unpaired) electrons. The number of carbonyl (C=O) groups is 1. The van der Waals surface area contributed by atoms with Crippen molar-refractivity contribution in [2.45, 2.75) is 79.2 Å². The summed E-state index contributed by atoms with van der Waals surface area (Å²) in [6, 6.07) is 0. The maximum Gasteiger partial charge on any atom is 0.220 e. The molecule has 0 bridgehead atoms. The lowest BCUT2D eigenvalue weighted by Crippen LogP contribution is -2.53. The van der Waals surface area contributed by atoms with Gasteiger partial charge in [0.15, 0.2) is 5.76 Å². The van der Waals surface area contributed by atoms with E-state index in [9.17, 15) is 15.0 Å². The average molecular weight is 425 g/mol. The van der Waals surface area contributed by atoms with Crippen molar-refractivity contribution in [2.24, 2.45) is 40.4 Å². The van der Waals surface area contributed by atoms with Crippen molar-refractivity contribution in [3.63, 3.8) is 0 Å². The zero-order valence-electron chi connectivity index (χ0n) is 20.1. The van der Waals surface area contributed by atoms with E-state index in [1.54, 1.807) is 12.2 Å². The van der Waals surface area contributed by atoms with Crippen LogP contribution in [-0.2, 0) is 4.79 Å². The summed E-state index contributed by atoms with van der Waals surface area (Å²) < 4.78 is 0. The Kier molecular flexibility index (Phi) is 5.44. The number of hydrogen-bond donors (Lipinski definition) is 2. The van der Waals surface area contributed by atoms with E-state index in [0.29, 0.717) is 29.2 Å². The first-order valence-electron chi connectivity index (χ1n) is 12.2. The van der Waals surface area contributed by atoms with E-state index in [-0.39, 0.29) is 22.9 Å². The van der Waals surface area contributed by atoms with Gasteiger partial charge >= 0.3 is 0 Å². The molecule has 4 aliphatic carbocycles. The number of rotatable bonds is 4. The number of hydrogen-bond acceptors (Lipinski definition) is 3. The molecule has 0 saturated heterocycles. The summed E-state index contributed by atoms with van der Waals surface area (Å²) in [4.78, 5) is 12.7. The topological polar surface area (TPSA) is 57.5 Å². The fourth-order valence-electron chi connectivity index (χ4n) is 7.12. The van der Waals surface area contributed by atoms with E-state index in [4.69, 9.17) is 0 Å². The highest BCUT2D eigenvalue weighted by Crippen LogP contribution is 2.66. The summed E-state index contributed by atoms with van der Waals surface area (Å²) in [5.41, 5.74) is -0.324. The van der Waals surface area contributed by atoms with Crippen LogP contribution in [0, 0.1) is 40.4 Å². The molecule has 0 aliphatic heterocycles. The van der Waals surface area contributed by atoms with Gasteiger partial charge in [0.1, 0.15) is 5.60 Å². The van der Waals surface area contributed by atoms with Crippen LogP contribution >= 0.6 is 0 Å². The molecule has 0 aromatic carbocycles. The molecule has 4 aliphatic rings. The molecular weight excluding hydrogens is 384 g/mol. The molecule has 0 heterocycles. The van der Waals surface area contributed by atoms with E-state index < -0.39 is 11.0 Å². The van der Waals surface area contributed by atoms with Crippen LogP contribution in [0.3, 0.4) is 0 Å². The Morgan fingerprint density at radius 2 is 1.81 bits per heavy atom. The van der Waals surface area contributed by atoms with Gasteiger partial charge in [-0.1, -0.05) is 65.8 Å². The van der Waals surface area contributed by atoms with Gasteiger partial charge in [0, 0.05) is 11.0 Å². The summed E-state index contributed by atoms with van der Waals surface area (Å²) in [7, 11) is 0. The highest BCUT2D eigenvalue weighted by molar-refractivity contribution is 6.05. The van der Waals surface area contributed by atoms with Crippen molar-refractivity contribution < 1.29 is 15.0 Å². The summed E-state index contributed by atoms with van der Waals surface area (Å²) in [5.74, 6) is 1.72. The molecule has 2 saturated carbocycles. The second kappa shape index (κ2) is 7.47. The van der Waals surface area contributed by atoms with Crippen LogP contribution < -0.4 is 0 Å². The molecular formula is C28H40O3. The van der Waals surface area contributed by atoms with Crippen LogP contribution in [0.25, 0.3) is 0 Å². The second-order valence-corrected chi connectivity index (χ2v) is 11.7. The predicted molar refractivity (Wildman–Crippen MR) is 125 cm³/mol. The molecule has 7 atom stereocenters. The fraction of sp³-hybridized carbons (Fsp3) is 0.679. The van der Waals surface area contributed by atoms with Crippen molar-refractivity contribution in [3.05, 3.63) is 47.3 Å². The Balaban J connectivity index is 1.75. The smallest absolute Gasteiger partial charge is 0.220 e. The van der Waals surface area contributed by atoms with Crippen LogP contribution in [0.4, 0.5) is 0 Å². The molecule has 2 fully saturated rings. The van der Waals surface area contributed by atoms with Crippen LogP contribution in [0.1, 0.15) is 73.6 Å². The monoisotopic (exact) mass is 424 g/mol. The Labute approximate surface area is 188 Å². The van der Waals surface area contributed by atoms with Crippen molar-refractivity contribution in [3.8, 4) is 0 Å². The lowest BCUT2D eigenvalue weighted by Gasteiger charge is -2.50. The first-order valence-corrected chi connectivity index (χ1v) is 12.2. The highest BCUT2D eigenvalue weighted by Gasteiger charge is 2.63. The fourth-order valence-corrected chi connectivity index (χ4v) is 7.12. The maximum absolute atomic E-state index is 12.7. The van der Waals surface area contributed by atoms with Crippen molar-refractivity contribution in [1.82, 2.24) is 0 Å². The zero-order valence-corrected chi connectivity index (χ0v) is 20.1. The minimum absolute atomic E-state index is 0.0328. The molecule has 2 N–H and O–H groups in total. The molecule has 31 heavy (non-hydrogen) atoms. The normalized spacial score (nSPS) is 41.8.